The van der Waals surface area contributed by atoms with E-state index in [4.69, 9.17) is 4.74 Å². The minimum Gasteiger partial charge on any atom is -0.463 e. The van der Waals surface area contributed by atoms with Crippen LogP contribution in [0.4, 0.5) is 22.0 Å². The molecule has 0 spiro atoms. The number of aryl methyl sites for hydroxylation is 1. The summed E-state index contributed by atoms with van der Waals surface area (Å²) >= 11 is 0. The van der Waals surface area contributed by atoms with Crippen LogP contribution in [0.5, 0.6) is 11.6 Å². The first-order valence-corrected chi connectivity index (χ1v) is 11.5. The molecule has 4 aromatic rings. The zero-order chi connectivity index (χ0) is 27.2. The van der Waals surface area contributed by atoms with Gasteiger partial charge in [0, 0.05) is 41.0 Å². The van der Waals surface area contributed by atoms with Gasteiger partial charge in [0.1, 0.15) is 0 Å². The quantitative estimate of drug-likeness (QED) is 0.280. The topological polar surface area (TPSA) is 84.5 Å². The van der Waals surface area contributed by atoms with Crippen LogP contribution < -0.4 is 9.47 Å². The number of halogens is 5. The van der Waals surface area contributed by atoms with Crippen molar-refractivity contribution in [3.63, 3.8) is 0 Å². The van der Waals surface area contributed by atoms with Crippen LogP contribution >= 0.6 is 0 Å². The Hall–Kier alpha value is -4.22. The van der Waals surface area contributed by atoms with E-state index in [1.54, 1.807) is 43.5 Å². The van der Waals surface area contributed by atoms with Crippen LogP contribution in [-0.2, 0) is 4.79 Å². The highest BCUT2D eigenvalue weighted by atomic mass is 19.4. The van der Waals surface area contributed by atoms with Crippen molar-refractivity contribution in [2.75, 3.05) is 13.1 Å². The van der Waals surface area contributed by atoms with Gasteiger partial charge in [-0.3, -0.25) is 4.79 Å². The number of carbonyl (C=O) groups excluding carboxylic acids is 2. The molecule has 0 bridgehead atoms. The minimum absolute atomic E-state index is 0.218. The molecule has 0 aliphatic carbocycles. The molecule has 3 heterocycles. The molecular weight excluding hydrogens is 513 g/mol. The van der Waals surface area contributed by atoms with Gasteiger partial charge in [-0.15, -0.1) is 0 Å². The lowest BCUT2D eigenvalue weighted by molar-refractivity contribution is -0.190. The largest absolute Gasteiger partial charge is 0.491 e. The van der Waals surface area contributed by atoms with Crippen molar-refractivity contribution in [3.8, 4) is 11.6 Å². The second-order valence-corrected chi connectivity index (χ2v) is 8.94. The number of piperidine rings is 1. The van der Waals surface area contributed by atoms with Crippen LogP contribution in [0.1, 0.15) is 22.3 Å². The highest BCUT2D eigenvalue weighted by molar-refractivity contribution is 6.07. The Balaban J connectivity index is 1.47. The molecule has 1 atom stereocenters. The number of nitrogens with zero attached hydrogens (tertiary/aromatic N) is 2. The van der Waals surface area contributed by atoms with Gasteiger partial charge in [0.2, 0.25) is 0 Å². The number of benzene rings is 2. The number of alkyl halides is 5. The summed E-state index contributed by atoms with van der Waals surface area (Å²) < 4.78 is 78.5. The maximum Gasteiger partial charge on any atom is 0.491 e. The molecule has 0 saturated carbocycles. The number of likely N-dealkylation sites (tertiary alicyclic amines) is 1. The Labute approximate surface area is 212 Å². The summed E-state index contributed by atoms with van der Waals surface area (Å²) in [5.74, 6) is -7.99. The van der Waals surface area contributed by atoms with Gasteiger partial charge < -0.3 is 19.4 Å². The lowest BCUT2D eigenvalue weighted by Crippen LogP contribution is -2.55. The Morgan fingerprint density at radius 1 is 1.13 bits per heavy atom. The van der Waals surface area contributed by atoms with E-state index >= 15 is 0 Å². The molecule has 38 heavy (non-hydrogen) atoms. The molecule has 1 fully saturated rings. The molecule has 1 aliphatic heterocycles. The number of hydrogen-bond donors (Lipinski definition) is 1. The van der Waals surface area contributed by atoms with Crippen molar-refractivity contribution < 1.29 is 41.0 Å². The zero-order valence-electron chi connectivity index (χ0n) is 19.8. The molecule has 1 N–H and O–H groups in total. The van der Waals surface area contributed by atoms with E-state index in [1.165, 1.54) is 17.0 Å². The molecule has 1 saturated heterocycles. The highest BCUT2D eigenvalue weighted by Gasteiger charge is 2.48. The monoisotopic (exact) mass is 533 g/mol. The number of hydrogen-bond acceptors (Lipinski definition) is 5. The van der Waals surface area contributed by atoms with Crippen molar-refractivity contribution in [1.82, 2.24) is 14.9 Å². The number of aromatic amines is 1. The summed E-state index contributed by atoms with van der Waals surface area (Å²) in [5.41, 5.74) is 2.04. The van der Waals surface area contributed by atoms with Crippen LogP contribution in [0.25, 0.3) is 21.8 Å². The number of pyridine rings is 1. The third kappa shape index (κ3) is 4.73. The summed E-state index contributed by atoms with van der Waals surface area (Å²) in [6.07, 6.45) is -6.33. The maximum atomic E-state index is 15.0. The Morgan fingerprint density at radius 2 is 1.89 bits per heavy atom. The van der Waals surface area contributed by atoms with Gasteiger partial charge in [-0.1, -0.05) is 24.3 Å². The van der Waals surface area contributed by atoms with Crippen molar-refractivity contribution in [3.05, 3.63) is 65.9 Å². The van der Waals surface area contributed by atoms with E-state index in [9.17, 15) is 31.5 Å². The summed E-state index contributed by atoms with van der Waals surface area (Å²) in [6, 6.07) is 12.2. The van der Waals surface area contributed by atoms with Crippen molar-refractivity contribution in [2.24, 2.45) is 0 Å². The number of amides is 1. The fourth-order valence-corrected chi connectivity index (χ4v) is 4.41. The van der Waals surface area contributed by atoms with Crippen molar-refractivity contribution in [2.45, 2.75) is 31.5 Å². The van der Waals surface area contributed by atoms with E-state index in [0.29, 0.717) is 21.9 Å². The maximum absolute atomic E-state index is 15.0. The number of carbonyl (C=O) groups is 2. The van der Waals surface area contributed by atoms with Gasteiger partial charge in [0.15, 0.2) is 11.9 Å². The van der Waals surface area contributed by atoms with Gasteiger partial charge >= 0.3 is 12.1 Å². The lowest BCUT2D eigenvalue weighted by Gasteiger charge is -2.38. The molecule has 1 aliphatic rings. The normalized spacial score (nSPS) is 17.5. The number of fused-ring (bicyclic) bond motifs is 2. The molecule has 7 nitrogen and oxygen atoms in total. The third-order valence-corrected chi connectivity index (χ3v) is 6.34. The molecule has 0 radical (unpaired) electrons. The molecule has 12 heteroatoms. The number of ether oxygens (including phenoxy) is 2. The van der Waals surface area contributed by atoms with E-state index in [2.05, 4.69) is 14.7 Å². The first-order chi connectivity index (χ1) is 17.9. The third-order valence-electron chi connectivity index (χ3n) is 6.34. The first-order valence-electron chi connectivity index (χ1n) is 11.5. The van der Waals surface area contributed by atoms with Crippen LogP contribution in [-0.4, -0.2) is 58.0 Å². The van der Waals surface area contributed by atoms with Gasteiger partial charge in [0.25, 0.3) is 17.7 Å². The summed E-state index contributed by atoms with van der Waals surface area (Å²) in [5, 5.41) is 0.955. The number of esters is 1. The Morgan fingerprint density at radius 3 is 2.66 bits per heavy atom. The van der Waals surface area contributed by atoms with Crippen LogP contribution in [0.3, 0.4) is 0 Å². The fraction of sp³-hybridized carbons (Fsp3) is 0.269. The first kappa shape index (κ1) is 25.4. The van der Waals surface area contributed by atoms with Gasteiger partial charge in [-0.25, -0.2) is 18.6 Å². The number of rotatable bonds is 4. The molecule has 1 amide bonds. The summed E-state index contributed by atoms with van der Waals surface area (Å²) in [6.45, 7) is 0.959. The van der Waals surface area contributed by atoms with Crippen LogP contribution in [0.15, 0.2) is 54.7 Å². The van der Waals surface area contributed by atoms with E-state index in [0.717, 1.165) is 11.6 Å². The summed E-state index contributed by atoms with van der Waals surface area (Å²) in [7, 11) is 0. The number of para-hydroxylation sites is 1. The van der Waals surface area contributed by atoms with E-state index < -0.39 is 54.7 Å². The van der Waals surface area contributed by atoms with Gasteiger partial charge in [-0.2, -0.15) is 13.2 Å². The standard InChI is InChI=1S/C26H20F5N3O4/c1-14-12-32-18-8-4-6-16(21(14)18)23(35)34-10-9-25(27,28)20(13-34)38-22-19(37-24(36)26(29,30)31)11-15-5-2-3-7-17(15)33-22/h2-8,11-12,20,32H,9-10,13H2,1H3. The second-order valence-electron chi connectivity index (χ2n) is 8.94. The van der Waals surface area contributed by atoms with Crippen LogP contribution in [0.2, 0.25) is 0 Å². The average molecular weight is 533 g/mol. The molecule has 1 unspecified atom stereocenters. The Kier molecular flexibility index (Phi) is 6.20. The number of aromatic nitrogens is 2. The van der Waals surface area contributed by atoms with E-state index in [1.807, 2.05) is 0 Å². The molecule has 5 rings (SSSR count). The zero-order valence-corrected chi connectivity index (χ0v) is 19.8. The minimum atomic E-state index is -5.34. The smallest absolute Gasteiger partial charge is 0.463 e. The van der Waals surface area contributed by atoms with Crippen LogP contribution in [0, 0.1) is 6.92 Å². The van der Waals surface area contributed by atoms with Crippen molar-refractivity contribution in [1.29, 1.82) is 0 Å². The van der Waals surface area contributed by atoms with Crippen molar-refractivity contribution >= 4 is 33.7 Å². The molecule has 2 aromatic carbocycles. The number of nitrogens with one attached hydrogen (secondary N) is 1. The average Bonchev–Trinajstić information content (AvgIpc) is 3.25. The predicted octanol–water partition coefficient (Wildman–Crippen LogP) is 5.42. The van der Waals surface area contributed by atoms with Gasteiger partial charge in [-0.05, 0) is 36.8 Å². The highest BCUT2D eigenvalue weighted by Crippen LogP contribution is 2.37. The molecule has 2 aromatic heterocycles. The second kappa shape index (κ2) is 9.26. The predicted molar refractivity (Wildman–Crippen MR) is 126 cm³/mol. The fourth-order valence-electron chi connectivity index (χ4n) is 4.41. The summed E-state index contributed by atoms with van der Waals surface area (Å²) in [4.78, 5) is 33.2. The number of H-pyrrole nitrogens is 1. The Bertz CT molecular complexity index is 1550. The van der Waals surface area contributed by atoms with E-state index in [-0.39, 0.29) is 12.1 Å². The van der Waals surface area contributed by atoms with Gasteiger partial charge in [0.05, 0.1) is 12.1 Å². The molecular formula is C26H20F5N3O4. The lowest BCUT2D eigenvalue weighted by atomic mass is 10.0. The molecule has 198 valence electrons. The SMILES string of the molecule is Cc1c[nH]c2cccc(C(=O)N3CCC(F)(F)C(Oc4nc5ccccc5cc4OC(=O)C(F)(F)F)C3)c12.